The molecule has 0 fully saturated rings. The van der Waals surface area contributed by atoms with Crippen molar-refractivity contribution in [2.45, 2.75) is 13.5 Å². The molecule has 0 aliphatic rings. The van der Waals surface area contributed by atoms with Crippen LogP contribution in [0.1, 0.15) is 17.4 Å². The van der Waals surface area contributed by atoms with Crippen LogP contribution in [0.2, 0.25) is 0 Å². The summed E-state index contributed by atoms with van der Waals surface area (Å²) in [6.07, 6.45) is 0. The highest BCUT2D eigenvalue weighted by atomic mass is 19.1. The van der Waals surface area contributed by atoms with Gasteiger partial charge in [0.25, 0.3) is 11.5 Å². The average Bonchev–Trinajstić information content (AvgIpc) is 2.37. The molecule has 2 rings (SSSR count). The van der Waals surface area contributed by atoms with Gasteiger partial charge < -0.3 is 9.47 Å². The quantitative estimate of drug-likeness (QED) is 0.829. The third-order valence-electron chi connectivity index (χ3n) is 3.01. The molecular weight excluding hydrogens is 247 g/mol. The van der Waals surface area contributed by atoms with Gasteiger partial charge in [0.2, 0.25) is 0 Å². The molecule has 1 aromatic carbocycles. The minimum Gasteiger partial charge on any atom is -0.343 e. The van der Waals surface area contributed by atoms with Crippen LogP contribution in [-0.2, 0) is 6.54 Å². The van der Waals surface area contributed by atoms with Crippen LogP contribution in [0, 0.1) is 5.82 Å². The summed E-state index contributed by atoms with van der Waals surface area (Å²) >= 11 is 0. The van der Waals surface area contributed by atoms with Crippen LogP contribution in [0.25, 0.3) is 10.8 Å². The standard InChI is InChI=1S/C14H15FN2O2/c1-4-17-12(14(19)16(2)3)8-9-7-10(15)5-6-11(9)13(17)18/h5-8H,4H2,1-3H3. The Bertz CT molecular complexity index is 704. The fourth-order valence-electron chi connectivity index (χ4n) is 2.05. The smallest absolute Gasteiger partial charge is 0.270 e. The van der Waals surface area contributed by atoms with E-state index in [1.54, 1.807) is 27.1 Å². The Kier molecular flexibility index (Phi) is 3.38. The van der Waals surface area contributed by atoms with Crippen LogP contribution in [0.15, 0.2) is 29.1 Å². The fourth-order valence-corrected chi connectivity index (χ4v) is 2.05. The summed E-state index contributed by atoms with van der Waals surface area (Å²) in [5.74, 6) is -0.700. The average molecular weight is 262 g/mol. The number of aromatic nitrogens is 1. The van der Waals surface area contributed by atoms with E-state index in [9.17, 15) is 14.0 Å². The summed E-state index contributed by atoms with van der Waals surface area (Å²) in [6.45, 7) is 2.18. The highest BCUT2D eigenvalue weighted by molar-refractivity contribution is 5.96. The van der Waals surface area contributed by atoms with Crippen molar-refractivity contribution in [3.8, 4) is 0 Å². The molecule has 1 aromatic heterocycles. The van der Waals surface area contributed by atoms with Crippen molar-refractivity contribution in [1.82, 2.24) is 9.47 Å². The van der Waals surface area contributed by atoms with Crippen LogP contribution in [0.3, 0.4) is 0 Å². The van der Waals surface area contributed by atoms with E-state index >= 15 is 0 Å². The van der Waals surface area contributed by atoms with Gasteiger partial charge in [0.15, 0.2) is 0 Å². The zero-order valence-corrected chi connectivity index (χ0v) is 11.1. The maximum atomic E-state index is 13.2. The van der Waals surface area contributed by atoms with E-state index in [4.69, 9.17) is 0 Å². The largest absolute Gasteiger partial charge is 0.343 e. The minimum absolute atomic E-state index is 0.273. The third kappa shape index (κ3) is 2.23. The number of hydrogen-bond acceptors (Lipinski definition) is 2. The summed E-state index contributed by atoms with van der Waals surface area (Å²) < 4.78 is 14.6. The zero-order valence-electron chi connectivity index (χ0n) is 11.1. The maximum absolute atomic E-state index is 13.2. The van der Waals surface area contributed by atoms with E-state index in [2.05, 4.69) is 0 Å². The van der Waals surface area contributed by atoms with Gasteiger partial charge in [-0.1, -0.05) is 0 Å². The molecule has 0 N–H and O–H groups in total. The van der Waals surface area contributed by atoms with Gasteiger partial charge in [0.1, 0.15) is 11.5 Å². The predicted molar refractivity (Wildman–Crippen MR) is 71.9 cm³/mol. The lowest BCUT2D eigenvalue weighted by molar-refractivity contribution is 0.0816. The molecule has 0 aliphatic carbocycles. The second kappa shape index (κ2) is 4.84. The van der Waals surface area contributed by atoms with Crippen molar-refractivity contribution in [1.29, 1.82) is 0 Å². The lowest BCUT2D eigenvalue weighted by Crippen LogP contribution is -2.31. The Morgan fingerprint density at radius 3 is 2.58 bits per heavy atom. The number of rotatable bonds is 2. The zero-order chi connectivity index (χ0) is 14.2. The molecule has 5 heteroatoms. The first kappa shape index (κ1) is 13.3. The van der Waals surface area contributed by atoms with E-state index in [1.807, 2.05) is 0 Å². The molecule has 2 aromatic rings. The van der Waals surface area contributed by atoms with Crippen LogP contribution in [0.5, 0.6) is 0 Å². The third-order valence-corrected chi connectivity index (χ3v) is 3.01. The Hall–Kier alpha value is -2.17. The molecule has 4 nitrogen and oxygen atoms in total. The molecule has 0 atom stereocenters. The van der Waals surface area contributed by atoms with E-state index < -0.39 is 5.82 Å². The number of hydrogen-bond donors (Lipinski definition) is 0. The first-order valence-electron chi connectivity index (χ1n) is 6.00. The Balaban J connectivity index is 2.83. The van der Waals surface area contributed by atoms with Gasteiger partial charge in [-0.15, -0.1) is 0 Å². The first-order valence-corrected chi connectivity index (χ1v) is 6.00. The van der Waals surface area contributed by atoms with Crippen molar-refractivity contribution in [3.05, 3.63) is 46.1 Å². The number of halogens is 1. The maximum Gasteiger partial charge on any atom is 0.270 e. The molecular formula is C14H15FN2O2. The SMILES string of the molecule is CCn1c(C(=O)N(C)C)cc2cc(F)ccc2c1=O. The van der Waals surface area contributed by atoms with E-state index in [0.29, 0.717) is 17.3 Å². The van der Waals surface area contributed by atoms with Crippen molar-refractivity contribution in [2.75, 3.05) is 14.1 Å². The van der Waals surface area contributed by atoms with Gasteiger partial charge in [-0.2, -0.15) is 0 Å². The molecule has 0 aliphatic heterocycles. The Morgan fingerprint density at radius 1 is 1.32 bits per heavy atom. The van der Waals surface area contributed by atoms with Crippen molar-refractivity contribution in [3.63, 3.8) is 0 Å². The molecule has 0 saturated heterocycles. The molecule has 0 bridgehead atoms. The van der Waals surface area contributed by atoms with E-state index in [0.717, 1.165) is 0 Å². The van der Waals surface area contributed by atoms with Gasteiger partial charge in [-0.05, 0) is 36.6 Å². The summed E-state index contributed by atoms with van der Waals surface area (Å²) in [7, 11) is 3.23. The minimum atomic E-state index is -0.426. The van der Waals surface area contributed by atoms with Gasteiger partial charge in [0.05, 0.1) is 0 Å². The van der Waals surface area contributed by atoms with E-state index in [-0.39, 0.29) is 17.2 Å². The number of pyridine rings is 1. The van der Waals surface area contributed by atoms with Gasteiger partial charge in [0, 0.05) is 26.0 Å². The van der Waals surface area contributed by atoms with Crippen molar-refractivity contribution in [2.24, 2.45) is 0 Å². The van der Waals surface area contributed by atoms with Crippen molar-refractivity contribution >= 4 is 16.7 Å². The highest BCUT2D eigenvalue weighted by Crippen LogP contribution is 2.15. The van der Waals surface area contributed by atoms with Crippen LogP contribution in [-0.4, -0.2) is 29.5 Å². The van der Waals surface area contributed by atoms with E-state index in [1.165, 1.54) is 27.7 Å². The molecule has 0 saturated carbocycles. The molecule has 19 heavy (non-hydrogen) atoms. The lowest BCUT2D eigenvalue weighted by atomic mass is 10.1. The normalized spacial score (nSPS) is 10.7. The summed E-state index contributed by atoms with van der Waals surface area (Å²) in [5, 5.41) is 0.860. The summed E-state index contributed by atoms with van der Waals surface area (Å²) in [6, 6.07) is 5.52. The number of carbonyl (C=O) groups is 1. The Morgan fingerprint density at radius 2 is 2.00 bits per heavy atom. The number of benzene rings is 1. The molecule has 1 heterocycles. The predicted octanol–water partition coefficient (Wildman–Crippen LogP) is 1.86. The highest BCUT2D eigenvalue weighted by Gasteiger charge is 2.16. The second-order valence-electron chi connectivity index (χ2n) is 4.51. The second-order valence-corrected chi connectivity index (χ2v) is 4.51. The Labute approximate surface area is 110 Å². The molecule has 0 unspecified atom stereocenters. The monoisotopic (exact) mass is 262 g/mol. The van der Waals surface area contributed by atoms with Gasteiger partial charge in [-0.3, -0.25) is 9.59 Å². The fraction of sp³-hybridized carbons (Fsp3) is 0.286. The topological polar surface area (TPSA) is 42.3 Å². The van der Waals surface area contributed by atoms with Gasteiger partial charge >= 0.3 is 0 Å². The molecule has 0 radical (unpaired) electrons. The number of fused-ring (bicyclic) bond motifs is 1. The number of nitrogens with zero attached hydrogens (tertiary/aromatic N) is 2. The lowest BCUT2D eigenvalue weighted by Gasteiger charge is -2.16. The van der Waals surface area contributed by atoms with Crippen LogP contribution in [0.4, 0.5) is 4.39 Å². The van der Waals surface area contributed by atoms with Crippen LogP contribution < -0.4 is 5.56 Å². The summed E-state index contributed by atoms with van der Waals surface area (Å²) in [4.78, 5) is 25.8. The van der Waals surface area contributed by atoms with Crippen molar-refractivity contribution < 1.29 is 9.18 Å². The van der Waals surface area contributed by atoms with Gasteiger partial charge in [-0.25, -0.2) is 4.39 Å². The molecule has 100 valence electrons. The molecule has 1 amide bonds. The first-order chi connectivity index (χ1) is 8.95. The number of carbonyl (C=O) groups excluding carboxylic acids is 1. The molecule has 0 spiro atoms. The van der Waals surface area contributed by atoms with Crippen LogP contribution >= 0.6 is 0 Å². The summed E-state index contributed by atoms with van der Waals surface area (Å²) in [5.41, 5.74) is 0.000741. The number of amides is 1.